The highest BCUT2D eigenvalue weighted by Gasteiger charge is 2.20. The van der Waals surface area contributed by atoms with E-state index >= 15 is 0 Å². The molecule has 1 rings (SSSR count). The Kier molecular flexibility index (Phi) is 5.04. The van der Waals surface area contributed by atoms with Gasteiger partial charge in [0.15, 0.2) is 0 Å². The van der Waals surface area contributed by atoms with Crippen molar-refractivity contribution in [3.8, 4) is 0 Å². The van der Waals surface area contributed by atoms with Gasteiger partial charge in [-0.3, -0.25) is 10.1 Å². The molecular weight excluding hydrogens is 296 g/mol. The van der Waals surface area contributed by atoms with Crippen LogP contribution >= 0.6 is 11.6 Å². The van der Waals surface area contributed by atoms with Crippen LogP contribution in [0.15, 0.2) is 12.1 Å². The second-order valence-electron chi connectivity index (χ2n) is 4.11. The van der Waals surface area contributed by atoms with Gasteiger partial charge in [0.2, 0.25) is 5.82 Å². The fraction of sp³-hybridized carbons (Fsp3) is 0.444. The van der Waals surface area contributed by atoms with Gasteiger partial charge in [-0.15, -0.1) is 0 Å². The van der Waals surface area contributed by atoms with Crippen molar-refractivity contribution in [3.63, 3.8) is 0 Å². The number of nitrogens with zero attached hydrogens (tertiary/aromatic N) is 2. The summed E-state index contributed by atoms with van der Waals surface area (Å²) in [5, 5.41) is 10.7. The van der Waals surface area contributed by atoms with Crippen molar-refractivity contribution in [2.24, 2.45) is 5.92 Å². The second kappa shape index (κ2) is 6.13. The van der Waals surface area contributed by atoms with Crippen molar-refractivity contribution in [2.45, 2.75) is 13.8 Å². The minimum atomic E-state index is -3.93. The van der Waals surface area contributed by atoms with E-state index in [0.29, 0.717) is 0 Å². The van der Waals surface area contributed by atoms with Gasteiger partial charge in [0.25, 0.3) is 10.2 Å². The zero-order valence-corrected chi connectivity index (χ0v) is 11.8. The molecule has 0 saturated carbocycles. The minimum Gasteiger partial charge on any atom is -0.258 e. The lowest BCUT2D eigenvalue weighted by atomic mass is 10.2. The van der Waals surface area contributed by atoms with Crippen molar-refractivity contribution < 1.29 is 13.3 Å². The molecule has 0 aromatic carbocycles. The summed E-state index contributed by atoms with van der Waals surface area (Å²) in [6.07, 6.45) is 0. The van der Waals surface area contributed by atoms with Crippen LogP contribution in [0.4, 0.5) is 11.5 Å². The lowest BCUT2D eigenvalue weighted by Crippen LogP contribution is -2.33. The maximum absolute atomic E-state index is 11.7. The van der Waals surface area contributed by atoms with E-state index in [0.717, 1.165) is 6.07 Å². The predicted molar refractivity (Wildman–Crippen MR) is 71.3 cm³/mol. The van der Waals surface area contributed by atoms with E-state index in [9.17, 15) is 18.5 Å². The van der Waals surface area contributed by atoms with Crippen molar-refractivity contribution in [3.05, 3.63) is 27.4 Å². The number of rotatable bonds is 6. The van der Waals surface area contributed by atoms with Crippen LogP contribution in [0.1, 0.15) is 13.8 Å². The third kappa shape index (κ3) is 4.97. The molecule has 0 atom stereocenters. The van der Waals surface area contributed by atoms with E-state index in [4.69, 9.17) is 11.6 Å². The summed E-state index contributed by atoms with van der Waals surface area (Å²) >= 11 is 5.59. The number of halogens is 1. The second-order valence-corrected chi connectivity index (χ2v) is 5.99. The highest BCUT2D eigenvalue weighted by atomic mass is 35.5. The number of anilines is 1. The SMILES string of the molecule is CC(C)CNS(=O)(=O)Nc1nc(Cl)ccc1[N+](=O)[O-]. The maximum Gasteiger partial charge on any atom is 0.312 e. The predicted octanol–water partition coefficient (Wildman–Crippen LogP) is 1.55. The van der Waals surface area contributed by atoms with Gasteiger partial charge in [0, 0.05) is 12.6 Å². The zero-order chi connectivity index (χ0) is 14.6. The Bertz CT molecular complexity index is 576. The number of hydrogen-bond acceptors (Lipinski definition) is 5. The lowest BCUT2D eigenvalue weighted by Gasteiger charge is -2.10. The van der Waals surface area contributed by atoms with Gasteiger partial charge in [0.1, 0.15) is 5.15 Å². The Morgan fingerprint density at radius 3 is 2.63 bits per heavy atom. The molecule has 1 aromatic rings. The maximum atomic E-state index is 11.7. The summed E-state index contributed by atoms with van der Waals surface area (Å²) in [4.78, 5) is 13.6. The molecule has 8 nitrogen and oxygen atoms in total. The van der Waals surface area contributed by atoms with Crippen LogP contribution in [0, 0.1) is 16.0 Å². The summed E-state index contributed by atoms with van der Waals surface area (Å²) in [5.41, 5.74) is -0.473. The highest BCUT2D eigenvalue weighted by molar-refractivity contribution is 7.90. The quantitative estimate of drug-likeness (QED) is 0.470. The summed E-state index contributed by atoms with van der Waals surface area (Å²) in [5.74, 6) is -0.326. The number of nitrogens with one attached hydrogen (secondary N) is 2. The van der Waals surface area contributed by atoms with Crippen LogP contribution in [-0.4, -0.2) is 24.9 Å². The zero-order valence-electron chi connectivity index (χ0n) is 10.3. The largest absolute Gasteiger partial charge is 0.312 e. The fourth-order valence-corrected chi connectivity index (χ4v) is 2.27. The Hall–Kier alpha value is -1.45. The minimum absolute atomic E-state index is 0.0489. The van der Waals surface area contributed by atoms with Crippen LogP contribution in [0.25, 0.3) is 0 Å². The molecule has 0 spiro atoms. The monoisotopic (exact) mass is 308 g/mol. The average Bonchev–Trinajstić information content (AvgIpc) is 2.25. The van der Waals surface area contributed by atoms with Crippen molar-refractivity contribution in [1.29, 1.82) is 0 Å². The third-order valence-electron chi connectivity index (χ3n) is 1.95. The van der Waals surface area contributed by atoms with Gasteiger partial charge in [-0.1, -0.05) is 25.4 Å². The van der Waals surface area contributed by atoms with E-state index < -0.39 is 26.6 Å². The van der Waals surface area contributed by atoms with Crippen LogP contribution in [0.2, 0.25) is 5.15 Å². The van der Waals surface area contributed by atoms with Crippen molar-refractivity contribution in [2.75, 3.05) is 11.3 Å². The lowest BCUT2D eigenvalue weighted by molar-refractivity contribution is -0.384. The first-order valence-corrected chi connectivity index (χ1v) is 7.15. The number of aromatic nitrogens is 1. The highest BCUT2D eigenvalue weighted by Crippen LogP contribution is 2.24. The number of nitro groups is 1. The first-order chi connectivity index (χ1) is 8.71. The number of pyridine rings is 1. The molecule has 2 N–H and O–H groups in total. The summed E-state index contributed by atoms with van der Waals surface area (Å²) in [7, 11) is -3.93. The van der Waals surface area contributed by atoms with Crippen LogP contribution in [-0.2, 0) is 10.2 Å². The first kappa shape index (κ1) is 15.6. The Labute approximate surface area is 115 Å². The van der Waals surface area contributed by atoms with E-state index in [-0.39, 0.29) is 17.6 Å². The molecule has 0 radical (unpaired) electrons. The van der Waals surface area contributed by atoms with Crippen molar-refractivity contribution >= 4 is 33.3 Å². The molecule has 0 fully saturated rings. The molecule has 0 aliphatic rings. The third-order valence-corrected chi connectivity index (χ3v) is 3.17. The molecule has 0 aliphatic carbocycles. The molecule has 1 aromatic heterocycles. The smallest absolute Gasteiger partial charge is 0.258 e. The molecule has 1 heterocycles. The van der Waals surface area contributed by atoms with Crippen LogP contribution in [0.3, 0.4) is 0 Å². The van der Waals surface area contributed by atoms with Gasteiger partial charge in [-0.05, 0) is 12.0 Å². The van der Waals surface area contributed by atoms with E-state index in [1.54, 1.807) is 0 Å². The molecule has 0 amide bonds. The standard InChI is InChI=1S/C9H13ClN4O4S/c1-6(2)5-11-19(17,18)13-9-7(14(15)16)3-4-8(10)12-9/h3-4,6,11H,5H2,1-2H3,(H,12,13). The molecule has 19 heavy (non-hydrogen) atoms. The van der Waals surface area contributed by atoms with E-state index in [1.807, 2.05) is 18.6 Å². The molecule has 0 unspecified atom stereocenters. The van der Waals surface area contributed by atoms with Gasteiger partial charge in [-0.25, -0.2) is 9.71 Å². The van der Waals surface area contributed by atoms with Crippen molar-refractivity contribution in [1.82, 2.24) is 9.71 Å². The molecule has 106 valence electrons. The van der Waals surface area contributed by atoms with E-state index in [1.165, 1.54) is 6.07 Å². The Morgan fingerprint density at radius 1 is 1.47 bits per heavy atom. The Morgan fingerprint density at radius 2 is 2.11 bits per heavy atom. The summed E-state index contributed by atoms with van der Waals surface area (Å²) in [6, 6.07) is 2.29. The van der Waals surface area contributed by atoms with Gasteiger partial charge >= 0.3 is 5.69 Å². The molecular formula is C9H13ClN4O4S. The van der Waals surface area contributed by atoms with Gasteiger partial charge < -0.3 is 0 Å². The summed E-state index contributed by atoms with van der Waals surface area (Å²) < 4.78 is 27.6. The van der Waals surface area contributed by atoms with E-state index in [2.05, 4.69) is 9.71 Å². The molecule has 0 bridgehead atoms. The fourth-order valence-electron chi connectivity index (χ4n) is 1.09. The number of hydrogen-bond donors (Lipinski definition) is 2. The van der Waals surface area contributed by atoms with Crippen LogP contribution < -0.4 is 9.44 Å². The normalized spacial score (nSPS) is 11.6. The molecule has 0 aliphatic heterocycles. The Balaban J connectivity index is 2.98. The topological polar surface area (TPSA) is 114 Å². The average molecular weight is 309 g/mol. The van der Waals surface area contributed by atoms with Crippen LogP contribution in [0.5, 0.6) is 0 Å². The molecule has 10 heteroatoms. The molecule has 0 saturated heterocycles. The summed E-state index contributed by atoms with van der Waals surface area (Å²) in [6.45, 7) is 3.84. The van der Waals surface area contributed by atoms with Gasteiger partial charge in [-0.2, -0.15) is 13.1 Å². The van der Waals surface area contributed by atoms with Gasteiger partial charge in [0.05, 0.1) is 4.92 Å². The first-order valence-electron chi connectivity index (χ1n) is 5.29.